The number of hydrazine groups is 1. The van der Waals surface area contributed by atoms with E-state index in [1.807, 2.05) is 52.0 Å². The fourth-order valence-electron chi connectivity index (χ4n) is 7.48. The Labute approximate surface area is 334 Å². The van der Waals surface area contributed by atoms with Gasteiger partial charge in [-0.25, -0.2) is 9.97 Å². The van der Waals surface area contributed by atoms with E-state index in [0.717, 1.165) is 98.4 Å². The van der Waals surface area contributed by atoms with Crippen molar-refractivity contribution in [3.63, 3.8) is 0 Å². The summed E-state index contributed by atoms with van der Waals surface area (Å²) in [5.74, 6) is 3.83. The topological polar surface area (TPSA) is 92.2 Å². The Morgan fingerprint density at radius 3 is 1.91 bits per heavy atom. The van der Waals surface area contributed by atoms with Gasteiger partial charge in [-0.05, 0) is 112 Å². The summed E-state index contributed by atoms with van der Waals surface area (Å²) in [6, 6.07) is 14.6. The maximum Gasteiger partial charge on any atom is 0.224 e. The molecule has 0 spiro atoms. The summed E-state index contributed by atoms with van der Waals surface area (Å²) in [4.78, 5) is 23.2. The van der Waals surface area contributed by atoms with E-state index < -0.39 is 0 Å². The molecule has 2 aromatic heterocycles. The van der Waals surface area contributed by atoms with Gasteiger partial charge in [0, 0.05) is 69.4 Å². The molecule has 2 aliphatic rings. The van der Waals surface area contributed by atoms with Gasteiger partial charge in [0.25, 0.3) is 0 Å². The predicted molar refractivity (Wildman–Crippen MR) is 217 cm³/mol. The zero-order valence-electron chi connectivity index (χ0n) is 31.9. The second kappa shape index (κ2) is 18.8. The Morgan fingerprint density at radius 1 is 0.667 bits per heavy atom. The number of rotatable bonds is 15. The fraction of sp³-hybridized carbons (Fsp3) is 0.500. The molecular weight excluding hydrogens is 747 g/mol. The zero-order valence-corrected chi connectivity index (χ0v) is 34.2. The van der Waals surface area contributed by atoms with Crippen LogP contribution in [0.15, 0.2) is 48.7 Å². The monoisotopic (exact) mass is 796 g/mol. The van der Waals surface area contributed by atoms with Crippen molar-refractivity contribution in [1.29, 1.82) is 0 Å². The lowest BCUT2D eigenvalue weighted by atomic mass is 10.0. The highest BCUT2D eigenvalue weighted by atomic mass is 35.5. The number of nitrogens with zero attached hydrogens (tertiary/aromatic N) is 8. The van der Waals surface area contributed by atoms with E-state index in [9.17, 15) is 0 Å². The van der Waals surface area contributed by atoms with E-state index in [2.05, 4.69) is 54.9 Å². The van der Waals surface area contributed by atoms with Gasteiger partial charge in [-0.3, -0.25) is 19.8 Å². The van der Waals surface area contributed by atoms with E-state index in [0.29, 0.717) is 37.1 Å². The van der Waals surface area contributed by atoms with Gasteiger partial charge in [0.2, 0.25) is 10.6 Å². The molecule has 0 amide bonds. The minimum absolute atomic E-state index is 0.0908. The number of aryl methyl sites for hydroxylation is 2. The van der Waals surface area contributed by atoms with Crippen molar-refractivity contribution in [3.05, 3.63) is 86.6 Å². The van der Waals surface area contributed by atoms with Crippen molar-refractivity contribution in [2.75, 3.05) is 56.0 Å². The van der Waals surface area contributed by atoms with E-state index in [1.165, 1.54) is 5.56 Å². The summed E-state index contributed by atoms with van der Waals surface area (Å²) in [6.45, 7) is 16.8. The van der Waals surface area contributed by atoms with Crippen LogP contribution in [0.25, 0.3) is 0 Å². The number of halogens is 3. The van der Waals surface area contributed by atoms with Crippen LogP contribution in [0.1, 0.15) is 68.8 Å². The third-order valence-electron chi connectivity index (χ3n) is 9.98. The van der Waals surface area contributed by atoms with Gasteiger partial charge in [-0.1, -0.05) is 23.7 Å². The molecule has 2 fully saturated rings. The minimum atomic E-state index is 0.0908. The maximum absolute atomic E-state index is 6.87. The molecule has 4 aromatic rings. The zero-order chi connectivity index (χ0) is 38.2. The van der Waals surface area contributed by atoms with Gasteiger partial charge >= 0.3 is 0 Å². The smallest absolute Gasteiger partial charge is 0.224 e. The van der Waals surface area contributed by atoms with Gasteiger partial charge in [0.15, 0.2) is 11.6 Å². The van der Waals surface area contributed by atoms with Crippen LogP contribution < -0.4 is 24.2 Å². The first kappa shape index (κ1) is 40.1. The third kappa shape index (κ3) is 9.97. The molecule has 54 heavy (non-hydrogen) atoms. The highest BCUT2D eigenvalue weighted by Gasteiger charge is 2.37. The molecule has 0 unspecified atom stereocenters. The van der Waals surface area contributed by atoms with Gasteiger partial charge in [-0.15, -0.1) is 0 Å². The normalized spacial score (nSPS) is 16.0. The summed E-state index contributed by atoms with van der Waals surface area (Å²) in [5, 5.41) is 5.65. The van der Waals surface area contributed by atoms with Crippen molar-refractivity contribution >= 4 is 46.4 Å². The van der Waals surface area contributed by atoms with Crippen molar-refractivity contribution in [2.45, 2.75) is 85.5 Å². The quantitative estimate of drug-likeness (QED) is 0.0856. The predicted octanol–water partition coefficient (Wildman–Crippen LogP) is 8.60. The standard InChI is InChI=1S/C40H51Cl3N8O3/c1-6-52-33-23-30(38(41)35(24-33)54-8-3)26-49-19-14-31(15-20-49)50(36-11-16-44-39(42)46-36)51(37-21-28(5)45-40(43)47-37)32-12-17-48(18-13-32)25-29-10-9-27(4)34(22-29)53-7-2/h9-11,16,21-24,31-32H,6-8,12-15,17-20,25-26H2,1-5H3. The molecule has 290 valence electrons. The van der Waals surface area contributed by atoms with Crippen LogP contribution in [0.4, 0.5) is 11.6 Å². The lowest BCUT2D eigenvalue weighted by Crippen LogP contribution is -2.59. The Morgan fingerprint density at radius 2 is 1.28 bits per heavy atom. The van der Waals surface area contributed by atoms with Crippen LogP contribution in [0, 0.1) is 13.8 Å². The number of hydrogen-bond acceptors (Lipinski definition) is 11. The number of benzene rings is 2. The van der Waals surface area contributed by atoms with Crippen LogP contribution in [0.2, 0.25) is 15.6 Å². The van der Waals surface area contributed by atoms with E-state index >= 15 is 0 Å². The van der Waals surface area contributed by atoms with Gasteiger partial charge in [0.05, 0.1) is 36.9 Å². The van der Waals surface area contributed by atoms with Gasteiger partial charge in [0.1, 0.15) is 17.2 Å². The molecule has 0 aliphatic carbocycles. The summed E-state index contributed by atoms with van der Waals surface area (Å²) in [7, 11) is 0. The van der Waals surface area contributed by atoms with Gasteiger partial charge < -0.3 is 14.2 Å². The lowest BCUT2D eigenvalue weighted by molar-refractivity contribution is 0.183. The number of anilines is 2. The minimum Gasteiger partial charge on any atom is -0.494 e. The molecule has 2 saturated heterocycles. The van der Waals surface area contributed by atoms with Crippen LogP contribution in [-0.4, -0.2) is 87.8 Å². The number of aromatic nitrogens is 4. The molecule has 0 N–H and O–H groups in total. The van der Waals surface area contributed by atoms with Crippen LogP contribution in [0.5, 0.6) is 17.2 Å². The summed E-state index contributed by atoms with van der Waals surface area (Å²) >= 11 is 19.9. The molecule has 14 heteroatoms. The molecule has 2 aliphatic heterocycles. The van der Waals surface area contributed by atoms with Crippen molar-refractivity contribution < 1.29 is 14.2 Å². The fourth-order valence-corrected chi connectivity index (χ4v) is 8.07. The van der Waals surface area contributed by atoms with Crippen LogP contribution in [-0.2, 0) is 13.1 Å². The highest BCUT2D eigenvalue weighted by Crippen LogP contribution is 2.37. The molecule has 0 atom stereocenters. The molecular formula is C40H51Cl3N8O3. The highest BCUT2D eigenvalue weighted by molar-refractivity contribution is 6.33. The van der Waals surface area contributed by atoms with Crippen molar-refractivity contribution in [3.8, 4) is 17.2 Å². The van der Waals surface area contributed by atoms with Gasteiger partial charge in [-0.2, -0.15) is 9.97 Å². The maximum atomic E-state index is 6.87. The first-order chi connectivity index (χ1) is 26.1. The largest absolute Gasteiger partial charge is 0.494 e. The van der Waals surface area contributed by atoms with E-state index in [1.54, 1.807) is 6.20 Å². The first-order valence-electron chi connectivity index (χ1n) is 19.0. The number of ether oxygens (including phenoxy) is 3. The number of hydrogen-bond donors (Lipinski definition) is 0. The molecule has 0 radical (unpaired) electrons. The number of piperidine rings is 2. The van der Waals surface area contributed by atoms with Crippen molar-refractivity contribution in [1.82, 2.24) is 29.7 Å². The molecule has 11 nitrogen and oxygen atoms in total. The second-order valence-corrected chi connectivity index (χ2v) is 14.9. The molecule has 2 aromatic carbocycles. The Kier molecular flexibility index (Phi) is 14.0. The average Bonchev–Trinajstić information content (AvgIpc) is 3.14. The molecule has 0 saturated carbocycles. The molecule has 4 heterocycles. The Hall–Kier alpha value is -3.61. The molecule has 6 rings (SSSR count). The van der Waals surface area contributed by atoms with Crippen molar-refractivity contribution in [2.24, 2.45) is 0 Å². The van der Waals surface area contributed by atoms with Crippen LogP contribution in [0.3, 0.4) is 0 Å². The third-order valence-corrected chi connectivity index (χ3v) is 10.8. The summed E-state index contributed by atoms with van der Waals surface area (Å²) in [5.41, 5.74) is 4.19. The lowest BCUT2D eigenvalue weighted by Gasteiger charge is -2.49. The Bertz CT molecular complexity index is 1830. The molecule has 0 bridgehead atoms. The summed E-state index contributed by atoms with van der Waals surface area (Å²) < 4.78 is 17.6. The Balaban J connectivity index is 1.25. The SMILES string of the molecule is CCOc1cc(CN2CCC(N(c3ccnc(Cl)n3)N(c3cc(C)nc(Cl)n3)C3CCN(Cc4ccc(C)c(OCC)c4)CC3)CC2)c(Cl)c(OCC)c1. The van der Waals surface area contributed by atoms with E-state index in [-0.39, 0.29) is 22.7 Å². The summed E-state index contributed by atoms with van der Waals surface area (Å²) in [6.07, 6.45) is 5.27. The second-order valence-electron chi connectivity index (χ2n) is 13.8. The van der Waals surface area contributed by atoms with Crippen LogP contribution >= 0.6 is 34.8 Å². The average molecular weight is 798 g/mol. The number of likely N-dealkylation sites (tertiary alicyclic amines) is 2. The first-order valence-corrected chi connectivity index (χ1v) is 20.1. The van der Waals surface area contributed by atoms with E-state index in [4.69, 9.17) is 59.0 Å².